The fourth-order valence-corrected chi connectivity index (χ4v) is 4.76. The number of nitrogens with zero attached hydrogens (tertiary/aromatic N) is 2. The van der Waals surface area contributed by atoms with Gasteiger partial charge in [-0.25, -0.2) is 19.2 Å². The summed E-state index contributed by atoms with van der Waals surface area (Å²) < 4.78 is 4.81. The number of hydrogen-bond donors (Lipinski definition) is 5. The van der Waals surface area contributed by atoms with Crippen molar-refractivity contribution >= 4 is 46.2 Å². The molecule has 0 bridgehead atoms. The van der Waals surface area contributed by atoms with Crippen LogP contribution in [0.2, 0.25) is 0 Å². The molecular weight excluding hydrogens is 586 g/mol. The summed E-state index contributed by atoms with van der Waals surface area (Å²) in [5.41, 5.74) is -2.66. The maximum absolute atomic E-state index is 12.7. The van der Waals surface area contributed by atoms with Crippen LogP contribution in [0.25, 0.3) is 10.8 Å². The van der Waals surface area contributed by atoms with E-state index in [0.717, 1.165) is 22.9 Å². The molecule has 0 radical (unpaired) electrons. The SMILES string of the molecule is O=C(O)N1CCC(Nc2cccc3cnccc23)C1.O=C(O[C@@](C(=O)O)(C(=O)c1ccccc1)[C@H](O)C(=O)O)c1ccccc1. The number of aliphatic hydroxyl groups is 1. The highest BCUT2D eigenvalue weighted by Gasteiger charge is 2.59. The Morgan fingerprint density at radius 1 is 0.867 bits per heavy atom. The standard InChI is InChI=1S/C18H14O8.C14H15N3O2/c19-13(11-7-3-1-4-8-11)18(17(24)25,14(20)15(21)22)26-16(23)12-9-5-2-6-10-12;18-14(19)17-7-5-11(9-17)16-13-3-1-2-10-8-15-6-4-12(10)13/h1-10,14,20H,(H,21,22)(H,24,25);1-4,6,8,11,16H,5,7,9H2,(H,18,19)/t14-,18+;/m1./s1. The number of carboxylic acids is 2. The van der Waals surface area contributed by atoms with E-state index in [1.807, 2.05) is 30.5 Å². The summed E-state index contributed by atoms with van der Waals surface area (Å²) in [6, 6.07) is 22.0. The highest BCUT2D eigenvalue weighted by Crippen LogP contribution is 2.27. The molecule has 1 fully saturated rings. The van der Waals surface area contributed by atoms with Gasteiger partial charge in [0.15, 0.2) is 0 Å². The number of carbonyl (C=O) groups is 5. The van der Waals surface area contributed by atoms with Gasteiger partial charge in [0, 0.05) is 53.5 Å². The van der Waals surface area contributed by atoms with Crippen molar-refractivity contribution in [3.05, 3.63) is 108 Å². The van der Waals surface area contributed by atoms with Gasteiger partial charge in [-0.2, -0.15) is 0 Å². The number of ketones is 1. The van der Waals surface area contributed by atoms with Crippen molar-refractivity contribution in [2.75, 3.05) is 18.4 Å². The number of amides is 1. The number of aromatic nitrogens is 1. The quantitative estimate of drug-likeness (QED) is 0.104. The topological polar surface area (TPSA) is 204 Å². The molecule has 1 aromatic heterocycles. The predicted molar refractivity (Wildman–Crippen MR) is 160 cm³/mol. The smallest absolute Gasteiger partial charge is 0.407 e. The fraction of sp³-hybridized carbons (Fsp3) is 0.188. The van der Waals surface area contributed by atoms with Crippen LogP contribution in [0, 0.1) is 0 Å². The number of fused-ring (bicyclic) bond motifs is 1. The van der Waals surface area contributed by atoms with Gasteiger partial charge in [-0.05, 0) is 30.7 Å². The molecule has 1 aliphatic heterocycles. The number of hydrogen-bond acceptors (Lipinski definition) is 9. The molecule has 2 heterocycles. The molecule has 4 aromatic rings. The third kappa shape index (κ3) is 7.22. The number of aliphatic carboxylic acids is 2. The van der Waals surface area contributed by atoms with Crippen LogP contribution in [0.15, 0.2) is 97.3 Å². The summed E-state index contributed by atoms with van der Waals surface area (Å²) in [5.74, 6) is -6.77. The number of Topliss-reactive ketones (excluding diaryl/α,β-unsaturated/α-hetero) is 1. The lowest BCUT2D eigenvalue weighted by molar-refractivity contribution is -0.176. The number of anilines is 1. The molecule has 45 heavy (non-hydrogen) atoms. The zero-order valence-electron chi connectivity index (χ0n) is 23.6. The highest BCUT2D eigenvalue weighted by atomic mass is 16.6. The molecule has 5 rings (SSSR count). The third-order valence-electron chi connectivity index (χ3n) is 7.07. The van der Waals surface area contributed by atoms with E-state index < -0.39 is 41.5 Å². The summed E-state index contributed by atoms with van der Waals surface area (Å²) in [6.45, 7) is 1.14. The average Bonchev–Trinajstić information content (AvgIpc) is 3.53. The van der Waals surface area contributed by atoms with Gasteiger partial charge >= 0.3 is 29.6 Å². The van der Waals surface area contributed by atoms with Crippen LogP contribution in [0.3, 0.4) is 0 Å². The van der Waals surface area contributed by atoms with Crippen molar-refractivity contribution in [1.29, 1.82) is 0 Å². The third-order valence-corrected chi connectivity index (χ3v) is 7.07. The van der Waals surface area contributed by atoms with Gasteiger partial charge < -0.3 is 35.4 Å². The molecule has 0 aliphatic carbocycles. The van der Waals surface area contributed by atoms with Gasteiger partial charge in [0.2, 0.25) is 11.9 Å². The molecule has 13 nitrogen and oxygen atoms in total. The number of rotatable bonds is 9. The van der Waals surface area contributed by atoms with Crippen molar-refractivity contribution in [2.24, 2.45) is 0 Å². The van der Waals surface area contributed by atoms with E-state index in [1.165, 1.54) is 53.4 Å². The highest BCUT2D eigenvalue weighted by molar-refractivity contribution is 6.19. The summed E-state index contributed by atoms with van der Waals surface area (Å²) >= 11 is 0. The van der Waals surface area contributed by atoms with Crippen LogP contribution >= 0.6 is 0 Å². The number of ether oxygens (including phenoxy) is 1. The predicted octanol–water partition coefficient (Wildman–Crippen LogP) is 3.39. The minimum atomic E-state index is -3.35. The van der Waals surface area contributed by atoms with Crippen LogP contribution in [-0.4, -0.2) is 90.9 Å². The lowest BCUT2D eigenvalue weighted by atomic mass is 9.87. The first-order valence-electron chi connectivity index (χ1n) is 13.6. The van der Waals surface area contributed by atoms with Gasteiger partial charge in [0.1, 0.15) is 0 Å². The zero-order chi connectivity index (χ0) is 32.6. The minimum absolute atomic E-state index is 0.114. The Bertz CT molecular complexity index is 1690. The van der Waals surface area contributed by atoms with Crippen LogP contribution in [0.5, 0.6) is 0 Å². The zero-order valence-corrected chi connectivity index (χ0v) is 23.6. The summed E-state index contributed by atoms with van der Waals surface area (Å²) in [4.78, 5) is 64.6. The van der Waals surface area contributed by atoms with Gasteiger partial charge in [-0.1, -0.05) is 60.7 Å². The first-order valence-corrected chi connectivity index (χ1v) is 13.6. The van der Waals surface area contributed by atoms with Gasteiger partial charge in [-0.15, -0.1) is 0 Å². The molecule has 1 amide bonds. The molecule has 3 aromatic carbocycles. The van der Waals surface area contributed by atoms with Gasteiger partial charge in [0.05, 0.1) is 5.56 Å². The Labute approximate surface area is 256 Å². The number of aliphatic hydroxyl groups excluding tert-OH is 1. The van der Waals surface area contributed by atoms with E-state index in [4.69, 9.17) is 14.9 Å². The molecule has 232 valence electrons. The van der Waals surface area contributed by atoms with E-state index in [-0.39, 0.29) is 17.2 Å². The average molecular weight is 616 g/mol. The van der Waals surface area contributed by atoms with Gasteiger partial charge in [0.25, 0.3) is 0 Å². The normalized spacial score (nSPS) is 15.9. The molecule has 1 saturated heterocycles. The first-order chi connectivity index (χ1) is 21.5. The number of benzene rings is 3. The lowest BCUT2D eigenvalue weighted by Gasteiger charge is -2.30. The van der Waals surface area contributed by atoms with Gasteiger partial charge in [-0.3, -0.25) is 9.78 Å². The Morgan fingerprint density at radius 2 is 1.51 bits per heavy atom. The van der Waals surface area contributed by atoms with E-state index in [9.17, 15) is 34.2 Å². The first kappa shape index (κ1) is 32.1. The second-order valence-corrected chi connectivity index (χ2v) is 9.99. The van der Waals surface area contributed by atoms with Crippen LogP contribution in [0.1, 0.15) is 27.1 Å². The number of nitrogens with one attached hydrogen (secondary N) is 1. The Balaban J connectivity index is 0.000000214. The number of esters is 1. The van der Waals surface area contributed by atoms with Crippen molar-refractivity contribution in [3.8, 4) is 0 Å². The van der Waals surface area contributed by atoms with E-state index >= 15 is 0 Å². The molecule has 1 unspecified atom stereocenters. The van der Waals surface area contributed by atoms with E-state index in [0.29, 0.717) is 13.1 Å². The summed E-state index contributed by atoms with van der Waals surface area (Å²) in [5, 5.41) is 43.2. The summed E-state index contributed by atoms with van der Waals surface area (Å²) in [7, 11) is 0. The number of pyridine rings is 1. The van der Waals surface area contributed by atoms with Crippen molar-refractivity contribution in [3.63, 3.8) is 0 Å². The van der Waals surface area contributed by atoms with E-state index in [2.05, 4.69) is 10.3 Å². The Morgan fingerprint density at radius 3 is 2.09 bits per heavy atom. The second kappa shape index (κ2) is 14.1. The van der Waals surface area contributed by atoms with Crippen LogP contribution in [0.4, 0.5) is 10.5 Å². The largest absolute Gasteiger partial charge is 0.479 e. The second-order valence-electron chi connectivity index (χ2n) is 9.99. The molecule has 5 N–H and O–H groups in total. The fourth-order valence-electron chi connectivity index (χ4n) is 4.76. The molecule has 0 saturated carbocycles. The number of carbonyl (C=O) groups excluding carboxylic acids is 2. The lowest BCUT2D eigenvalue weighted by Crippen LogP contribution is -2.61. The molecule has 1 aliphatic rings. The van der Waals surface area contributed by atoms with Crippen LogP contribution < -0.4 is 5.32 Å². The van der Waals surface area contributed by atoms with Crippen molar-refractivity contribution in [1.82, 2.24) is 9.88 Å². The van der Waals surface area contributed by atoms with E-state index in [1.54, 1.807) is 18.3 Å². The van der Waals surface area contributed by atoms with Crippen molar-refractivity contribution < 1.29 is 49.1 Å². The number of carboxylic acid groups (broad SMARTS) is 3. The summed E-state index contributed by atoms with van der Waals surface area (Å²) in [6.07, 6.45) is 0.782. The monoisotopic (exact) mass is 615 g/mol. The Hall–Kier alpha value is -5.82. The molecule has 3 atom stereocenters. The van der Waals surface area contributed by atoms with Crippen LogP contribution in [-0.2, 0) is 14.3 Å². The molecule has 13 heteroatoms. The molecule has 0 spiro atoms. The number of likely N-dealkylation sites (tertiary alicyclic amines) is 1. The molecular formula is C32H29N3O10. The minimum Gasteiger partial charge on any atom is -0.479 e. The van der Waals surface area contributed by atoms with Crippen molar-refractivity contribution in [2.45, 2.75) is 24.2 Å². The maximum atomic E-state index is 12.7. The maximum Gasteiger partial charge on any atom is 0.407 e. The Kier molecular flexibility index (Phi) is 10.1.